The average Bonchev–Trinajstić information content (AvgIpc) is 3.42. The van der Waals surface area contributed by atoms with Crippen LogP contribution in [0.15, 0.2) is 48.7 Å². The highest BCUT2D eigenvalue weighted by molar-refractivity contribution is 6.31. The first-order valence-corrected chi connectivity index (χ1v) is 12.2. The van der Waals surface area contributed by atoms with Crippen molar-refractivity contribution >= 4 is 45.3 Å². The number of fused-ring (bicyclic) bond motifs is 1. The molecule has 6 rings (SSSR count). The van der Waals surface area contributed by atoms with Crippen molar-refractivity contribution in [3.63, 3.8) is 0 Å². The SMILES string of the molecule is COc1ccc(CN2CCCc3n[nH]c4nc(NCCc5c[nH]c6ccc(Cl)cc56)nc2c34)cc1. The molecule has 0 unspecified atom stereocenters. The molecule has 0 radical (unpaired) electrons. The average molecular weight is 488 g/mol. The fourth-order valence-corrected chi connectivity index (χ4v) is 4.95. The summed E-state index contributed by atoms with van der Waals surface area (Å²) in [4.78, 5) is 15.3. The van der Waals surface area contributed by atoms with Crippen molar-refractivity contribution in [3.05, 3.63) is 70.5 Å². The number of halogens is 1. The lowest BCUT2D eigenvalue weighted by Crippen LogP contribution is -2.25. The number of aryl methyl sites for hydroxylation is 1. The summed E-state index contributed by atoms with van der Waals surface area (Å²) in [6.45, 7) is 2.37. The molecule has 3 N–H and O–H groups in total. The van der Waals surface area contributed by atoms with Gasteiger partial charge in [0.1, 0.15) is 11.6 Å². The van der Waals surface area contributed by atoms with E-state index in [0.29, 0.717) is 12.5 Å². The molecule has 0 atom stereocenters. The Labute approximate surface area is 207 Å². The van der Waals surface area contributed by atoms with Crippen molar-refractivity contribution in [3.8, 4) is 5.75 Å². The molecule has 0 aliphatic carbocycles. The first-order valence-electron chi connectivity index (χ1n) is 11.8. The molecule has 0 bridgehead atoms. The van der Waals surface area contributed by atoms with Crippen LogP contribution >= 0.6 is 11.6 Å². The molecule has 9 heteroatoms. The number of benzene rings is 2. The number of rotatable bonds is 7. The van der Waals surface area contributed by atoms with Crippen LogP contribution in [0.2, 0.25) is 5.02 Å². The van der Waals surface area contributed by atoms with Gasteiger partial charge in [0.25, 0.3) is 0 Å². The topological polar surface area (TPSA) is 94.7 Å². The minimum Gasteiger partial charge on any atom is -0.497 e. The fourth-order valence-electron chi connectivity index (χ4n) is 4.78. The highest BCUT2D eigenvalue weighted by Gasteiger charge is 2.23. The molecule has 2 aromatic carbocycles. The van der Waals surface area contributed by atoms with Gasteiger partial charge in [0, 0.05) is 41.8 Å². The molecular formula is C26H26ClN7O. The summed E-state index contributed by atoms with van der Waals surface area (Å²) in [5.74, 6) is 2.38. The molecule has 5 aromatic rings. The summed E-state index contributed by atoms with van der Waals surface area (Å²) >= 11 is 6.20. The maximum absolute atomic E-state index is 6.20. The number of nitrogens with one attached hydrogen (secondary N) is 3. The molecule has 0 fully saturated rings. The van der Waals surface area contributed by atoms with E-state index in [1.807, 2.05) is 36.5 Å². The quantitative estimate of drug-likeness (QED) is 0.295. The van der Waals surface area contributed by atoms with Gasteiger partial charge >= 0.3 is 0 Å². The van der Waals surface area contributed by atoms with Gasteiger partial charge in [-0.15, -0.1) is 0 Å². The number of methoxy groups -OCH3 is 1. The van der Waals surface area contributed by atoms with Gasteiger partial charge in [-0.25, -0.2) is 0 Å². The van der Waals surface area contributed by atoms with Crippen LogP contribution in [0.25, 0.3) is 21.9 Å². The number of hydrogen-bond donors (Lipinski definition) is 3. The number of nitrogens with zero attached hydrogens (tertiary/aromatic N) is 4. The van der Waals surface area contributed by atoms with Crippen molar-refractivity contribution < 1.29 is 4.74 Å². The lowest BCUT2D eigenvalue weighted by molar-refractivity contribution is 0.414. The molecule has 0 saturated heterocycles. The van der Waals surface area contributed by atoms with Crippen molar-refractivity contribution in [2.45, 2.75) is 25.8 Å². The molecule has 178 valence electrons. The van der Waals surface area contributed by atoms with E-state index in [1.165, 1.54) is 11.1 Å². The largest absolute Gasteiger partial charge is 0.497 e. The molecule has 0 amide bonds. The molecule has 3 aromatic heterocycles. The summed E-state index contributed by atoms with van der Waals surface area (Å²) in [5, 5.41) is 14.0. The van der Waals surface area contributed by atoms with E-state index >= 15 is 0 Å². The van der Waals surface area contributed by atoms with E-state index in [1.54, 1.807) is 7.11 Å². The van der Waals surface area contributed by atoms with Gasteiger partial charge in [-0.3, -0.25) is 5.10 Å². The molecule has 4 heterocycles. The Morgan fingerprint density at radius 2 is 2.03 bits per heavy atom. The fraction of sp³-hybridized carbons (Fsp3) is 0.269. The maximum atomic E-state index is 6.20. The van der Waals surface area contributed by atoms with E-state index in [2.05, 4.69) is 37.5 Å². The zero-order valence-corrected chi connectivity index (χ0v) is 20.2. The third-order valence-electron chi connectivity index (χ3n) is 6.56. The predicted octanol–water partition coefficient (Wildman–Crippen LogP) is 5.10. The summed E-state index contributed by atoms with van der Waals surface area (Å²) in [7, 11) is 1.68. The van der Waals surface area contributed by atoms with Crippen LogP contribution in [-0.2, 0) is 19.4 Å². The van der Waals surface area contributed by atoms with Crippen molar-refractivity contribution in [2.24, 2.45) is 0 Å². The standard InChI is InChI=1S/C26H26ClN7O/c1-35-19-7-4-16(5-8-19)15-34-12-2-3-22-23-24(33-32-22)30-26(31-25(23)34)28-11-10-17-14-29-21-9-6-18(27)13-20(17)21/h4-9,13-14,29H,2-3,10-12,15H2,1H3,(H2,28,30,31,32,33). The van der Waals surface area contributed by atoms with Crippen LogP contribution in [0, 0.1) is 0 Å². The molecule has 0 saturated carbocycles. The van der Waals surface area contributed by atoms with Crippen LogP contribution in [0.1, 0.15) is 23.2 Å². The first kappa shape index (κ1) is 21.7. The first-order chi connectivity index (χ1) is 17.2. The summed E-state index contributed by atoms with van der Waals surface area (Å²) < 4.78 is 5.31. The second kappa shape index (κ2) is 9.11. The number of hydrogen-bond acceptors (Lipinski definition) is 6. The van der Waals surface area contributed by atoms with Crippen LogP contribution in [0.5, 0.6) is 5.75 Å². The Morgan fingerprint density at radius 3 is 2.89 bits per heavy atom. The normalized spacial score (nSPS) is 13.4. The smallest absolute Gasteiger partial charge is 0.226 e. The van der Waals surface area contributed by atoms with Crippen LogP contribution in [0.4, 0.5) is 11.8 Å². The van der Waals surface area contributed by atoms with Gasteiger partial charge in [-0.1, -0.05) is 23.7 Å². The van der Waals surface area contributed by atoms with E-state index < -0.39 is 0 Å². The Bertz CT molecular complexity index is 1490. The van der Waals surface area contributed by atoms with Crippen molar-refractivity contribution in [1.29, 1.82) is 0 Å². The van der Waals surface area contributed by atoms with E-state index in [-0.39, 0.29) is 0 Å². The van der Waals surface area contributed by atoms with Crippen LogP contribution < -0.4 is 15.0 Å². The number of aromatic amines is 2. The van der Waals surface area contributed by atoms with Crippen molar-refractivity contribution in [1.82, 2.24) is 25.1 Å². The molecule has 1 aliphatic rings. The van der Waals surface area contributed by atoms with E-state index in [4.69, 9.17) is 26.3 Å². The Balaban J connectivity index is 1.25. The van der Waals surface area contributed by atoms with Gasteiger partial charge in [0.2, 0.25) is 5.95 Å². The van der Waals surface area contributed by atoms with E-state index in [9.17, 15) is 0 Å². The molecule has 1 aliphatic heterocycles. The van der Waals surface area contributed by atoms with Gasteiger partial charge in [0.15, 0.2) is 5.65 Å². The summed E-state index contributed by atoms with van der Waals surface area (Å²) in [6, 6.07) is 14.1. The zero-order chi connectivity index (χ0) is 23.8. The Hall–Kier alpha value is -3.78. The monoisotopic (exact) mass is 487 g/mol. The van der Waals surface area contributed by atoms with Gasteiger partial charge in [0.05, 0.1) is 18.2 Å². The number of aromatic nitrogens is 5. The minimum atomic E-state index is 0.599. The minimum absolute atomic E-state index is 0.599. The second-order valence-corrected chi connectivity index (χ2v) is 9.25. The Kier molecular flexibility index (Phi) is 5.66. The lowest BCUT2D eigenvalue weighted by Gasteiger charge is -2.23. The molecular weight excluding hydrogens is 462 g/mol. The molecule has 8 nitrogen and oxygen atoms in total. The van der Waals surface area contributed by atoms with Crippen LogP contribution in [-0.4, -0.2) is 45.3 Å². The van der Waals surface area contributed by atoms with E-state index in [0.717, 1.165) is 76.6 Å². The predicted molar refractivity (Wildman–Crippen MR) is 140 cm³/mol. The van der Waals surface area contributed by atoms with Gasteiger partial charge in [-0.05, 0) is 60.7 Å². The number of H-pyrrole nitrogens is 2. The summed E-state index contributed by atoms with van der Waals surface area (Å²) in [5.41, 5.74) is 5.31. The maximum Gasteiger partial charge on any atom is 0.226 e. The highest BCUT2D eigenvalue weighted by atomic mass is 35.5. The lowest BCUT2D eigenvalue weighted by atomic mass is 10.1. The number of anilines is 2. The van der Waals surface area contributed by atoms with Crippen molar-refractivity contribution in [2.75, 3.05) is 30.4 Å². The Morgan fingerprint density at radius 1 is 1.14 bits per heavy atom. The summed E-state index contributed by atoms with van der Waals surface area (Å²) in [6.07, 6.45) is 4.78. The molecule has 0 spiro atoms. The molecule has 35 heavy (non-hydrogen) atoms. The van der Waals surface area contributed by atoms with Gasteiger partial charge in [-0.2, -0.15) is 15.1 Å². The number of ether oxygens (including phenoxy) is 1. The third-order valence-corrected chi connectivity index (χ3v) is 6.79. The second-order valence-electron chi connectivity index (χ2n) is 8.82. The van der Waals surface area contributed by atoms with Gasteiger partial charge < -0.3 is 19.9 Å². The highest BCUT2D eigenvalue weighted by Crippen LogP contribution is 2.32. The zero-order valence-electron chi connectivity index (χ0n) is 19.4. The van der Waals surface area contributed by atoms with Crippen LogP contribution in [0.3, 0.4) is 0 Å². The third kappa shape index (κ3) is 4.25.